The fourth-order valence-corrected chi connectivity index (χ4v) is 1.93. The minimum absolute atomic E-state index is 0.977. The molecule has 0 heteroatoms. The zero-order chi connectivity index (χ0) is 12.6. The zero-order valence-electron chi connectivity index (χ0n) is 10.7. The summed E-state index contributed by atoms with van der Waals surface area (Å²) < 4.78 is 0. The van der Waals surface area contributed by atoms with E-state index in [1.54, 1.807) is 0 Å². The molecule has 0 heterocycles. The van der Waals surface area contributed by atoms with Crippen LogP contribution in [0.2, 0.25) is 0 Å². The van der Waals surface area contributed by atoms with Crippen molar-refractivity contribution in [2.75, 3.05) is 0 Å². The van der Waals surface area contributed by atoms with Crippen LogP contribution < -0.4 is 0 Å². The molecule has 0 amide bonds. The second-order valence-corrected chi connectivity index (χ2v) is 4.20. The molecule has 0 aromatic heterocycles. The standard InChI is InChI=1S/C18H18/c1-2-17(18-13-7-4-8-14-18)15-9-12-16-10-5-3-6-11-16/h2-11,13-15H,12H2,1H3/b15-9-,17-2+. The van der Waals surface area contributed by atoms with Gasteiger partial charge in [0.05, 0.1) is 0 Å². The number of hydrogen-bond acceptors (Lipinski definition) is 0. The minimum atomic E-state index is 0.977. The van der Waals surface area contributed by atoms with E-state index in [1.165, 1.54) is 16.7 Å². The minimum Gasteiger partial charge on any atom is -0.0798 e. The van der Waals surface area contributed by atoms with E-state index in [0.29, 0.717) is 0 Å². The van der Waals surface area contributed by atoms with Gasteiger partial charge in [-0.05, 0) is 30.0 Å². The summed E-state index contributed by atoms with van der Waals surface area (Å²) in [4.78, 5) is 0. The van der Waals surface area contributed by atoms with Crippen molar-refractivity contribution < 1.29 is 0 Å². The van der Waals surface area contributed by atoms with Crippen LogP contribution >= 0.6 is 0 Å². The van der Waals surface area contributed by atoms with Crippen molar-refractivity contribution in [1.29, 1.82) is 0 Å². The van der Waals surface area contributed by atoms with E-state index in [0.717, 1.165) is 6.42 Å². The Labute approximate surface area is 109 Å². The SMILES string of the molecule is C/C=C(\C=C/Cc1ccccc1)c1ccccc1. The Kier molecular flexibility index (Phi) is 4.54. The highest BCUT2D eigenvalue weighted by Crippen LogP contribution is 2.15. The average Bonchev–Trinajstić information content (AvgIpc) is 2.46. The van der Waals surface area contributed by atoms with E-state index in [-0.39, 0.29) is 0 Å². The molecule has 0 aliphatic rings. The first-order chi connectivity index (χ1) is 8.90. The quantitative estimate of drug-likeness (QED) is 0.661. The van der Waals surface area contributed by atoms with Gasteiger partial charge >= 0.3 is 0 Å². The van der Waals surface area contributed by atoms with Crippen molar-refractivity contribution in [2.24, 2.45) is 0 Å². The number of hydrogen-bond donors (Lipinski definition) is 0. The molecule has 0 bridgehead atoms. The van der Waals surface area contributed by atoms with E-state index in [1.807, 2.05) is 6.07 Å². The maximum Gasteiger partial charge on any atom is -0.00941 e. The van der Waals surface area contributed by atoms with Gasteiger partial charge < -0.3 is 0 Å². The second kappa shape index (κ2) is 6.61. The van der Waals surface area contributed by atoms with Gasteiger partial charge in [0.2, 0.25) is 0 Å². The Morgan fingerprint density at radius 3 is 2.11 bits per heavy atom. The number of allylic oxidation sites excluding steroid dienone is 4. The summed E-state index contributed by atoms with van der Waals surface area (Å²) in [6.07, 6.45) is 7.54. The molecule has 0 fully saturated rings. The lowest BCUT2D eigenvalue weighted by Crippen LogP contribution is -1.82. The number of benzene rings is 2. The Hall–Kier alpha value is -2.08. The Bertz CT molecular complexity index is 518. The van der Waals surface area contributed by atoms with Crippen molar-refractivity contribution in [1.82, 2.24) is 0 Å². The van der Waals surface area contributed by atoms with Crippen LogP contribution in [-0.2, 0) is 6.42 Å². The molecular weight excluding hydrogens is 216 g/mol. The molecule has 0 saturated heterocycles. The van der Waals surface area contributed by atoms with Gasteiger partial charge in [-0.1, -0.05) is 78.9 Å². The van der Waals surface area contributed by atoms with Crippen molar-refractivity contribution in [2.45, 2.75) is 13.3 Å². The second-order valence-electron chi connectivity index (χ2n) is 4.20. The van der Waals surface area contributed by atoms with Crippen molar-refractivity contribution >= 4 is 5.57 Å². The van der Waals surface area contributed by atoms with Gasteiger partial charge in [0, 0.05) is 0 Å². The van der Waals surface area contributed by atoms with Gasteiger partial charge in [0.1, 0.15) is 0 Å². The van der Waals surface area contributed by atoms with Crippen LogP contribution in [0, 0.1) is 0 Å². The molecule has 0 nitrogen and oxygen atoms in total. The zero-order valence-corrected chi connectivity index (χ0v) is 10.7. The largest absolute Gasteiger partial charge is 0.0798 e. The van der Waals surface area contributed by atoms with Crippen LogP contribution in [0.1, 0.15) is 18.1 Å². The van der Waals surface area contributed by atoms with E-state index in [9.17, 15) is 0 Å². The predicted octanol–water partition coefficient (Wildman–Crippen LogP) is 4.89. The van der Waals surface area contributed by atoms with E-state index in [4.69, 9.17) is 0 Å². The molecule has 0 saturated carbocycles. The Morgan fingerprint density at radius 2 is 1.50 bits per heavy atom. The third-order valence-corrected chi connectivity index (χ3v) is 2.91. The summed E-state index contributed by atoms with van der Waals surface area (Å²) in [5.41, 5.74) is 3.88. The molecule has 0 N–H and O–H groups in total. The van der Waals surface area contributed by atoms with E-state index >= 15 is 0 Å². The van der Waals surface area contributed by atoms with Crippen LogP contribution in [0.25, 0.3) is 5.57 Å². The molecule has 0 atom stereocenters. The fourth-order valence-electron chi connectivity index (χ4n) is 1.93. The first-order valence-electron chi connectivity index (χ1n) is 6.32. The summed E-state index contributed by atoms with van der Waals surface area (Å²) in [6, 6.07) is 21.0. The first kappa shape index (κ1) is 12.4. The third kappa shape index (κ3) is 3.46. The van der Waals surface area contributed by atoms with Gasteiger partial charge in [-0.2, -0.15) is 0 Å². The van der Waals surface area contributed by atoms with Gasteiger partial charge in [-0.15, -0.1) is 0 Å². The lowest BCUT2D eigenvalue weighted by Gasteiger charge is -2.01. The van der Waals surface area contributed by atoms with Crippen molar-refractivity contribution in [3.05, 3.63) is 90.0 Å². The summed E-state index contributed by atoms with van der Waals surface area (Å²) in [7, 11) is 0. The molecule has 0 aliphatic heterocycles. The van der Waals surface area contributed by atoms with Gasteiger partial charge in [-0.3, -0.25) is 0 Å². The highest BCUT2D eigenvalue weighted by molar-refractivity contribution is 5.73. The van der Waals surface area contributed by atoms with Crippen molar-refractivity contribution in [3.8, 4) is 0 Å². The summed E-state index contributed by atoms with van der Waals surface area (Å²) in [6.45, 7) is 2.08. The van der Waals surface area contributed by atoms with Gasteiger partial charge in [-0.25, -0.2) is 0 Å². The number of rotatable bonds is 4. The predicted molar refractivity (Wildman–Crippen MR) is 79.4 cm³/mol. The summed E-state index contributed by atoms with van der Waals surface area (Å²) >= 11 is 0. The lowest BCUT2D eigenvalue weighted by molar-refractivity contribution is 1.27. The van der Waals surface area contributed by atoms with Crippen LogP contribution in [0.4, 0.5) is 0 Å². The third-order valence-electron chi connectivity index (χ3n) is 2.91. The first-order valence-corrected chi connectivity index (χ1v) is 6.32. The molecule has 0 aliphatic carbocycles. The van der Waals surface area contributed by atoms with Crippen LogP contribution in [0.3, 0.4) is 0 Å². The van der Waals surface area contributed by atoms with Crippen LogP contribution in [0.15, 0.2) is 78.9 Å². The summed E-state index contributed by atoms with van der Waals surface area (Å²) in [5, 5.41) is 0. The highest BCUT2D eigenvalue weighted by atomic mass is 14.0. The molecule has 0 spiro atoms. The van der Waals surface area contributed by atoms with Gasteiger partial charge in [0.15, 0.2) is 0 Å². The monoisotopic (exact) mass is 234 g/mol. The molecular formula is C18H18. The smallest absolute Gasteiger partial charge is 0.00941 e. The fraction of sp³-hybridized carbons (Fsp3) is 0.111. The molecule has 2 rings (SSSR count). The van der Waals surface area contributed by atoms with Gasteiger partial charge in [0.25, 0.3) is 0 Å². The normalized spacial score (nSPS) is 11.9. The molecule has 0 radical (unpaired) electrons. The summed E-state index contributed by atoms with van der Waals surface area (Å²) in [5.74, 6) is 0. The molecule has 18 heavy (non-hydrogen) atoms. The van der Waals surface area contributed by atoms with E-state index < -0.39 is 0 Å². The highest BCUT2D eigenvalue weighted by Gasteiger charge is 1.94. The molecule has 90 valence electrons. The van der Waals surface area contributed by atoms with Crippen LogP contribution in [-0.4, -0.2) is 0 Å². The molecule has 0 unspecified atom stereocenters. The average molecular weight is 234 g/mol. The van der Waals surface area contributed by atoms with Crippen LogP contribution in [0.5, 0.6) is 0 Å². The lowest BCUT2D eigenvalue weighted by atomic mass is 10.0. The maximum atomic E-state index is 2.22. The maximum absolute atomic E-state index is 2.22. The van der Waals surface area contributed by atoms with E-state index in [2.05, 4.69) is 79.7 Å². The molecule has 2 aromatic rings. The molecule has 2 aromatic carbocycles. The van der Waals surface area contributed by atoms with Crippen molar-refractivity contribution in [3.63, 3.8) is 0 Å². The Balaban J connectivity index is 2.04. The topological polar surface area (TPSA) is 0 Å². The Morgan fingerprint density at radius 1 is 0.889 bits per heavy atom.